The van der Waals surface area contributed by atoms with E-state index < -0.39 is 29.7 Å². The summed E-state index contributed by atoms with van der Waals surface area (Å²) in [7, 11) is 0. The molecule has 2 saturated heterocycles. The molecule has 0 spiro atoms. The van der Waals surface area contributed by atoms with Crippen molar-refractivity contribution in [3.05, 3.63) is 120 Å². The van der Waals surface area contributed by atoms with E-state index in [-0.39, 0.29) is 35.9 Å². The Kier molecular flexibility index (Phi) is 8.88. The number of nitrogens with two attached hydrogens (primary N) is 1. The van der Waals surface area contributed by atoms with E-state index in [4.69, 9.17) is 15.6 Å². The Balaban J connectivity index is 0.888. The number of anilines is 3. The smallest absolute Gasteiger partial charge is 0.262 e. The van der Waals surface area contributed by atoms with Gasteiger partial charge in [0.2, 0.25) is 11.8 Å². The quantitative estimate of drug-likeness (QED) is 0.166. The van der Waals surface area contributed by atoms with Crippen molar-refractivity contribution in [2.75, 3.05) is 24.1 Å². The van der Waals surface area contributed by atoms with Crippen LogP contribution in [-0.4, -0.2) is 78.2 Å². The molecule has 5 amide bonds. The minimum atomic E-state index is -1.04. The molecule has 2 atom stereocenters. The van der Waals surface area contributed by atoms with E-state index in [0.717, 1.165) is 29.1 Å². The predicted octanol–water partition coefficient (Wildman–Crippen LogP) is 5.49. The lowest BCUT2D eigenvalue weighted by Crippen LogP contribution is -2.54. The summed E-state index contributed by atoms with van der Waals surface area (Å²) in [6.45, 7) is 1.000. The third kappa shape index (κ3) is 6.58. The number of nitrogen functional groups attached to an aromatic ring is 1. The van der Waals surface area contributed by atoms with E-state index >= 15 is 0 Å². The number of ether oxygens (including phenoxy) is 1. The van der Waals surface area contributed by atoms with Crippen LogP contribution in [0.15, 0.2) is 103 Å². The van der Waals surface area contributed by atoms with Crippen molar-refractivity contribution < 1.29 is 28.7 Å². The second-order valence-corrected chi connectivity index (χ2v) is 14.1. The molecule has 0 aliphatic carbocycles. The zero-order valence-electron chi connectivity index (χ0n) is 30.4. The topological polar surface area (TPSA) is 195 Å². The molecular formula is C42H35N9O6. The normalized spacial score (nSPS) is 18.1. The van der Waals surface area contributed by atoms with Gasteiger partial charge in [-0.2, -0.15) is 5.10 Å². The summed E-state index contributed by atoms with van der Waals surface area (Å²) in [5.74, 6) is -0.646. The lowest BCUT2D eigenvalue weighted by atomic mass is 10.0. The van der Waals surface area contributed by atoms with Gasteiger partial charge in [-0.3, -0.25) is 34.2 Å². The monoisotopic (exact) mass is 761 g/mol. The Labute approximate surface area is 325 Å². The van der Waals surface area contributed by atoms with Gasteiger partial charge in [-0.15, -0.1) is 0 Å². The van der Waals surface area contributed by atoms with Gasteiger partial charge in [-0.1, -0.05) is 18.2 Å². The molecule has 5 heterocycles. The van der Waals surface area contributed by atoms with Gasteiger partial charge in [0.1, 0.15) is 35.4 Å². The van der Waals surface area contributed by atoms with Gasteiger partial charge >= 0.3 is 0 Å². The van der Waals surface area contributed by atoms with E-state index in [0.29, 0.717) is 58.3 Å². The first-order valence-corrected chi connectivity index (χ1v) is 18.6. The van der Waals surface area contributed by atoms with Crippen molar-refractivity contribution >= 4 is 57.8 Å². The Morgan fingerprint density at radius 1 is 0.825 bits per heavy atom. The highest BCUT2D eigenvalue weighted by Crippen LogP contribution is 2.36. The van der Waals surface area contributed by atoms with Gasteiger partial charge in [0.05, 0.1) is 22.6 Å². The highest BCUT2D eigenvalue weighted by atomic mass is 16.5. The van der Waals surface area contributed by atoms with Crippen molar-refractivity contribution in [3.63, 3.8) is 0 Å². The van der Waals surface area contributed by atoms with Crippen LogP contribution < -0.4 is 21.1 Å². The molecule has 0 bridgehead atoms. The lowest BCUT2D eigenvalue weighted by molar-refractivity contribution is -0.136. The summed E-state index contributed by atoms with van der Waals surface area (Å²) in [6, 6.07) is 27.7. The molecule has 4 aromatic carbocycles. The van der Waals surface area contributed by atoms with E-state index in [1.807, 2.05) is 64.2 Å². The fourth-order valence-electron chi connectivity index (χ4n) is 7.69. The number of carbonyl (C=O) groups is 5. The largest absolute Gasteiger partial charge is 0.457 e. The minimum Gasteiger partial charge on any atom is -0.457 e. The molecule has 57 heavy (non-hydrogen) atoms. The van der Waals surface area contributed by atoms with Crippen LogP contribution >= 0.6 is 0 Å². The van der Waals surface area contributed by atoms with Crippen LogP contribution in [0, 0.1) is 0 Å². The molecule has 4 N–H and O–H groups in total. The van der Waals surface area contributed by atoms with Crippen molar-refractivity contribution in [3.8, 4) is 22.8 Å². The number of nitrogens with one attached hydrogen (secondary N) is 2. The predicted molar refractivity (Wildman–Crippen MR) is 209 cm³/mol. The maximum absolute atomic E-state index is 13.8. The van der Waals surface area contributed by atoms with Crippen molar-refractivity contribution in [2.45, 2.75) is 37.8 Å². The van der Waals surface area contributed by atoms with E-state index in [1.54, 1.807) is 42.5 Å². The van der Waals surface area contributed by atoms with Crippen molar-refractivity contribution in [1.29, 1.82) is 0 Å². The number of imide groups is 2. The summed E-state index contributed by atoms with van der Waals surface area (Å²) < 4.78 is 7.84. The number of hydrogen-bond acceptors (Lipinski definition) is 11. The average molecular weight is 762 g/mol. The Hall–Kier alpha value is -7.42. The molecule has 9 rings (SSSR count). The van der Waals surface area contributed by atoms with Crippen LogP contribution in [0.5, 0.6) is 11.5 Å². The van der Waals surface area contributed by atoms with Crippen LogP contribution in [-0.2, 0) is 9.59 Å². The van der Waals surface area contributed by atoms with Crippen molar-refractivity contribution in [2.24, 2.45) is 0 Å². The Morgan fingerprint density at radius 2 is 1.56 bits per heavy atom. The van der Waals surface area contributed by atoms with E-state index in [1.165, 1.54) is 6.33 Å². The number of carbonyl (C=O) groups excluding carboxylic acids is 5. The number of piperidine rings is 2. The van der Waals surface area contributed by atoms with Crippen LogP contribution in [0.25, 0.3) is 22.3 Å². The Bertz CT molecular complexity index is 2590. The first-order valence-electron chi connectivity index (χ1n) is 18.6. The summed E-state index contributed by atoms with van der Waals surface area (Å²) >= 11 is 0. The van der Waals surface area contributed by atoms with Crippen molar-refractivity contribution in [1.82, 2.24) is 34.9 Å². The number of para-hydroxylation sites is 1. The fraction of sp³-hybridized carbons (Fsp3) is 0.190. The van der Waals surface area contributed by atoms with Crippen LogP contribution in [0.1, 0.15) is 62.8 Å². The molecule has 2 fully saturated rings. The second-order valence-electron chi connectivity index (χ2n) is 14.1. The Morgan fingerprint density at radius 3 is 2.33 bits per heavy atom. The molecule has 0 radical (unpaired) electrons. The standard InChI is InChI=1S/C42H35N9O6/c43-37-35-36(24-10-15-30(16-11-24)57-29-6-2-1-3-7-29)48-51(38(35)45-23-44-37)28-5-4-20-49(22-28)40(54)25-8-12-26(13-9-25)46-27-14-17-31-32(21-27)42(56)50(41(31)55)33-18-19-34(52)47-39(33)53/h1-3,6-17,21,23,28,33,46H,4-5,18-20,22H2,(H2,43,44,45)(H,47,52,53)/t28-,33?/m1/s1. The lowest BCUT2D eigenvalue weighted by Gasteiger charge is -2.33. The number of aromatic nitrogens is 4. The third-order valence-corrected chi connectivity index (χ3v) is 10.5. The summed E-state index contributed by atoms with van der Waals surface area (Å²) in [6.07, 6.45) is 3.10. The number of amides is 5. The van der Waals surface area contributed by atoms with Gasteiger partial charge in [-0.05, 0) is 98.1 Å². The molecule has 6 aromatic rings. The highest BCUT2D eigenvalue weighted by Gasteiger charge is 2.44. The molecule has 284 valence electrons. The molecule has 1 unspecified atom stereocenters. The summed E-state index contributed by atoms with van der Waals surface area (Å²) in [4.78, 5) is 75.8. The van der Waals surface area contributed by atoms with Crippen LogP contribution in [0.3, 0.4) is 0 Å². The number of rotatable bonds is 8. The first-order chi connectivity index (χ1) is 27.7. The molecule has 3 aliphatic rings. The third-order valence-electron chi connectivity index (χ3n) is 10.5. The first kappa shape index (κ1) is 35.3. The maximum Gasteiger partial charge on any atom is 0.262 e. The van der Waals surface area contributed by atoms with Gasteiger partial charge in [0, 0.05) is 42.0 Å². The number of benzene rings is 4. The number of hydrogen-bond donors (Lipinski definition) is 3. The molecule has 0 saturated carbocycles. The highest BCUT2D eigenvalue weighted by molar-refractivity contribution is 6.23. The zero-order chi connectivity index (χ0) is 39.2. The number of nitrogens with zero attached hydrogens (tertiary/aromatic N) is 6. The zero-order valence-corrected chi connectivity index (χ0v) is 30.4. The minimum absolute atomic E-state index is 0.0450. The molecule has 15 heteroatoms. The SMILES string of the molecule is Nc1ncnc2c1c(-c1ccc(Oc3ccccc3)cc1)nn2[C@@H]1CCCN(C(=O)c2ccc(Nc3ccc4c(c3)C(=O)N(C3CCC(=O)NC3=O)C4=O)cc2)C1. The summed E-state index contributed by atoms with van der Waals surface area (Å²) in [5.41, 5.74) is 10.5. The molecule has 2 aromatic heterocycles. The number of fused-ring (bicyclic) bond motifs is 2. The molecule has 3 aliphatic heterocycles. The fourth-order valence-corrected chi connectivity index (χ4v) is 7.69. The molecular weight excluding hydrogens is 727 g/mol. The van der Waals surface area contributed by atoms with Gasteiger partial charge in [0.15, 0.2) is 5.65 Å². The number of likely N-dealkylation sites (tertiary alicyclic amines) is 1. The average Bonchev–Trinajstić information content (AvgIpc) is 3.74. The van der Waals surface area contributed by atoms with Gasteiger partial charge < -0.3 is 20.7 Å². The van der Waals surface area contributed by atoms with Gasteiger partial charge in [0.25, 0.3) is 17.7 Å². The van der Waals surface area contributed by atoms with Gasteiger partial charge in [-0.25, -0.2) is 14.6 Å². The van der Waals surface area contributed by atoms with E-state index in [2.05, 4.69) is 20.6 Å². The van der Waals surface area contributed by atoms with Crippen LogP contribution in [0.2, 0.25) is 0 Å². The van der Waals surface area contributed by atoms with E-state index in [9.17, 15) is 24.0 Å². The summed E-state index contributed by atoms with van der Waals surface area (Å²) in [5, 5.41) is 11.1. The second kappa shape index (κ2) is 14.3. The van der Waals surface area contributed by atoms with Crippen LogP contribution in [0.4, 0.5) is 17.2 Å². The maximum atomic E-state index is 13.8. The molecule has 15 nitrogen and oxygen atoms in total.